The second-order valence-electron chi connectivity index (χ2n) is 7.32. The molecule has 1 aliphatic heterocycles. The fourth-order valence-corrected chi connectivity index (χ4v) is 4.36. The number of thiazole rings is 1. The highest BCUT2D eigenvalue weighted by atomic mass is 32.1. The maximum Gasteiger partial charge on any atom is 0.270 e. The van der Waals surface area contributed by atoms with E-state index in [1.165, 1.54) is 17.4 Å². The molecule has 0 bridgehead atoms. The first-order valence-corrected chi connectivity index (χ1v) is 10.3. The number of aromatic nitrogens is 1. The van der Waals surface area contributed by atoms with Gasteiger partial charge in [0.2, 0.25) is 5.91 Å². The minimum atomic E-state index is -0.215. The van der Waals surface area contributed by atoms with E-state index in [0.717, 1.165) is 19.3 Å². The number of benzene rings is 1. The highest BCUT2D eigenvalue weighted by Gasteiger charge is 2.47. The Morgan fingerprint density at radius 1 is 1.26 bits per heavy atom. The molecule has 2 amide bonds. The standard InChI is InChI=1S/C20H22FN3O2S/c21-17-4-2-1-3-14(17)15-9-16(15)20(26)24-7-5-13(6-8-24)10-22-19(25)18-11-27-12-23-18/h1-4,11-13,15-16H,5-10H2,(H,22,25)/t15-,16?/m0/s1. The van der Waals surface area contributed by atoms with Crippen LogP contribution in [0.4, 0.5) is 4.39 Å². The van der Waals surface area contributed by atoms with Gasteiger partial charge in [0.1, 0.15) is 11.5 Å². The quantitative estimate of drug-likeness (QED) is 0.858. The number of hydrogen-bond donors (Lipinski definition) is 1. The third-order valence-corrected chi connectivity index (χ3v) is 6.14. The van der Waals surface area contributed by atoms with Crippen molar-refractivity contribution in [2.24, 2.45) is 11.8 Å². The topological polar surface area (TPSA) is 62.3 Å². The Kier molecular flexibility index (Phi) is 5.20. The minimum absolute atomic E-state index is 0.0221. The monoisotopic (exact) mass is 387 g/mol. The van der Waals surface area contributed by atoms with Gasteiger partial charge in [0.05, 0.1) is 5.51 Å². The lowest BCUT2D eigenvalue weighted by Crippen LogP contribution is -2.42. The lowest BCUT2D eigenvalue weighted by atomic mass is 9.96. The molecule has 2 aliphatic rings. The van der Waals surface area contributed by atoms with E-state index in [1.54, 1.807) is 23.0 Å². The Morgan fingerprint density at radius 2 is 2.04 bits per heavy atom. The number of hydrogen-bond acceptors (Lipinski definition) is 4. The molecule has 27 heavy (non-hydrogen) atoms. The molecule has 142 valence electrons. The maximum atomic E-state index is 13.9. The summed E-state index contributed by atoms with van der Waals surface area (Å²) in [6, 6.07) is 6.74. The van der Waals surface area contributed by atoms with Crippen LogP contribution in [0.5, 0.6) is 0 Å². The Bertz CT molecular complexity index is 818. The Morgan fingerprint density at radius 3 is 2.74 bits per heavy atom. The molecular formula is C20H22FN3O2S. The average molecular weight is 387 g/mol. The third kappa shape index (κ3) is 4.03. The second kappa shape index (κ2) is 7.76. The normalized spacial score (nSPS) is 22.5. The van der Waals surface area contributed by atoms with Crippen molar-refractivity contribution >= 4 is 23.2 Å². The minimum Gasteiger partial charge on any atom is -0.350 e. The van der Waals surface area contributed by atoms with Crippen molar-refractivity contribution in [3.63, 3.8) is 0 Å². The van der Waals surface area contributed by atoms with Crippen LogP contribution in [0, 0.1) is 17.7 Å². The molecule has 0 spiro atoms. The zero-order valence-corrected chi connectivity index (χ0v) is 15.8. The number of halogens is 1. The van der Waals surface area contributed by atoms with Gasteiger partial charge in [0.25, 0.3) is 5.91 Å². The van der Waals surface area contributed by atoms with Crippen LogP contribution >= 0.6 is 11.3 Å². The van der Waals surface area contributed by atoms with Crippen LogP contribution in [0.1, 0.15) is 41.2 Å². The Hall–Kier alpha value is -2.28. The number of carbonyl (C=O) groups is 2. The van der Waals surface area contributed by atoms with Gasteiger partial charge in [0.15, 0.2) is 0 Å². The summed E-state index contributed by atoms with van der Waals surface area (Å²) in [5, 5.41) is 4.66. The van der Waals surface area contributed by atoms with Crippen LogP contribution in [0.15, 0.2) is 35.2 Å². The molecule has 5 nitrogen and oxygen atoms in total. The molecule has 2 aromatic rings. The zero-order chi connectivity index (χ0) is 18.8. The molecule has 1 aromatic heterocycles. The van der Waals surface area contributed by atoms with E-state index in [4.69, 9.17) is 0 Å². The van der Waals surface area contributed by atoms with E-state index < -0.39 is 0 Å². The summed E-state index contributed by atoms with van der Waals surface area (Å²) >= 11 is 1.40. The average Bonchev–Trinajstić information content (AvgIpc) is 3.28. The van der Waals surface area contributed by atoms with E-state index in [1.807, 2.05) is 11.0 Å². The largest absolute Gasteiger partial charge is 0.350 e. The summed E-state index contributed by atoms with van der Waals surface area (Å²) in [5.41, 5.74) is 2.77. The fraction of sp³-hybridized carbons (Fsp3) is 0.450. The zero-order valence-electron chi connectivity index (χ0n) is 14.9. The van der Waals surface area contributed by atoms with Crippen molar-refractivity contribution < 1.29 is 14.0 Å². The van der Waals surface area contributed by atoms with Crippen LogP contribution in [0.25, 0.3) is 0 Å². The van der Waals surface area contributed by atoms with Gasteiger partial charge in [0, 0.05) is 30.9 Å². The fourth-order valence-electron chi connectivity index (χ4n) is 3.83. The summed E-state index contributed by atoms with van der Waals surface area (Å²) < 4.78 is 13.9. The van der Waals surface area contributed by atoms with Gasteiger partial charge in [-0.15, -0.1) is 11.3 Å². The van der Waals surface area contributed by atoms with Crippen LogP contribution in [-0.2, 0) is 4.79 Å². The van der Waals surface area contributed by atoms with E-state index in [9.17, 15) is 14.0 Å². The van der Waals surface area contributed by atoms with E-state index in [0.29, 0.717) is 36.8 Å². The summed E-state index contributed by atoms with van der Waals surface area (Å²) in [6.45, 7) is 2.02. The van der Waals surface area contributed by atoms with Gasteiger partial charge in [-0.3, -0.25) is 9.59 Å². The molecule has 2 fully saturated rings. The van der Waals surface area contributed by atoms with Gasteiger partial charge in [-0.25, -0.2) is 9.37 Å². The van der Waals surface area contributed by atoms with Crippen LogP contribution in [0.2, 0.25) is 0 Å². The van der Waals surface area contributed by atoms with E-state index in [-0.39, 0.29) is 29.5 Å². The molecule has 1 aromatic carbocycles. The smallest absolute Gasteiger partial charge is 0.270 e. The summed E-state index contributed by atoms with van der Waals surface area (Å²) in [6.07, 6.45) is 2.49. The SMILES string of the molecule is O=C(NCC1CCN(C(=O)C2C[C@H]2c2ccccc2F)CC1)c1cscn1. The molecule has 7 heteroatoms. The van der Waals surface area contributed by atoms with Crippen molar-refractivity contribution in [2.75, 3.05) is 19.6 Å². The number of amides is 2. The number of nitrogens with one attached hydrogen (secondary N) is 1. The van der Waals surface area contributed by atoms with Crippen molar-refractivity contribution in [3.8, 4) is 0 Å². The van der Waals surface area contributed by atoms with Crippen molar-refractivity contribution in [2.45, 2.75) is 25.2 Å². The Balaban J connectivity index is 1.23. The molecule has 4 rings (SSSR count). The highest BCUT2D eigenvalue weighted by molar-refractivity contribution is 7.07. The predicted molar refractivity (Wildman–Crippen MR) is 101 cm³/mol. The van der Waals surface area contributed by atoms with Gasteiger partial charge < -0.3 is 10.2 Å². The van der Waals surface area contributed by atoms with Crippen LogP contribution in [-0.4, -0.2) is 41.3 Å². The molecule has 2 atom stereocenters. The van der Waals surface area contributed by atoms with Crippen molar-refractivity contribution in [3.05, 3.63) is 52.2 Å². The molecule has 1 aliphatic carbocycles. The van der Waals surface area contributed by atoms with Gasteiger partial charge >= 0.3 is 0 Å². The van der Waals surface area contributed by atoms with Gasteiger partial charge in [-0.1, -0.05) is 18.2 Å². The lowest BCUT2D eigenvalue weighted by Gasteiger charge is -2.32. The molecule has 1 N–H and O–H groups in total. The summed E-state index contributed by atoms with van der Waals surface area (Å²) in [5.74, 6) is 0.107. The number of nitrogens with zero attached hydrogens (tertiary/aromatic N) is 2. The number of piperidine rings is 1. The van der Waals surface area contributed by atoms with Crippen molar-refractivity contribution in [1.82, 2.24) is 15.2 Å². The van der Waals surface area contributed by atoms with Gasteiger partial charge in [-0.2, -0.15) is 0 Å². The van der Waals surface area contributed by atoms with Gasteiger partial charge in [-0.05, 0) is 42.7 Å². The van der Waals surface area contributed by atoms with E-state index >= 15 is 0 Å². The van der Waals surface area contributed by atoms with Crippen molar-refractivity contribution in [1.29, 1.82) is 0 Å². The third-order valence-electron chi connectivity index (χ3n) is 5.55. The first kappa shape index (κ1) is 18.1. The summed E-state index contributed by atoms with van der Waals surface area (Å²) in [4.78, 5) is 30.6. The second-order valence-corrected chi connectivity index (χ2v) is 8.04. The molecule has 1 unspecified atom stereocenters. The number of carbonyl (C=O) groups excluding carboxylic acids is 2. The highest BCUT2D eigenvalue weighted by Crippen LogP contribution is 2.49. The number of rotatable bonds is 5. The van der Waals surface area contributed by atoms with E-state index in [2.05, 4.69) is 10.3 Å². The molecule has 1 saturated carbocycles. The van der Waals surface area contributed by atoms with Crippen LogP contribution in [0.3, 0.4) is 0 Å². The van der Waals surface area contributed by atoms with Crippen LogP contribution < -0.4 is 5.32 Å². The predicted octanol–water partition coefficient (Wildman–Crippen LogP) is 3.05. The molecular weight excluding hydrogens is 365 g/mol. The summed E-state index contributed by atoms with van der Waals surface area (Å²) in [7, 11) is 0. The first-order valence-electron chi connectivity index (χ1n) is 9.33. The maximum absolute atomic E-state index is 13.9. The number of likely N-dealkylation sites (tertiary alicyclic amines) is 1. The first-order chi connectivity index (χ1) is 13.1. The molecule has 0 radical (unpaired) electrons. The lowest BCUT2D eigenvalue weighted by molar-refractivity contribution is -0.134. The Labute approximate surface area is 161 Å². The molecule has 2 heterocycles. The molecule has 1 saturated heterocycles.